The smallest absolute Gasteiger partial charge is 0.342 e. The zero-order valence-electron chi connectivity index (χ0n) is 16.1. The van der Waals surface area contributed by atoms with E-state index in [1.807, 2.05) is 18.2 Å². The summed E-state index contributed by atoms with van der Waals surface area (Å²) in [5.74, 6) is -0.187. The highest BCUT2D eigenvalue weighted by atomic mass is 32.2. The molecular weight excluding hydrogens is 399 g/mol. The van der Waals surface area contributed by atoms with E-state index in [2.05, 4.69) is 23.0 Å². The van der Waals surface area contributed by atoms with Gasteiger partial charge in [0, 0.05) is 36.1 Å². The minimum atomic E-state index is -4.33. The summed E-state index contributed by atoms with van der Waals surface area (Å²) in [6.45, 7) is 0.589. The molecule has 2 aromatic carbocycles. The normalized spacial score (nSPS) is 19.3. The number of carbonyl (C=O) groups excluding carboxylic acids is 1. The summed E-state index contributed by atoms with van der Waals surface area (Å²) in [6, 6.07) is 16.4. The molecule has 0 aromatic heterocycles. The molecule has 1 aliphatic heterocycles. The highest BCUT2D eigenvalue weighted by Gasteiger charge is 2.29. The Kier molecular flexibility index (Phi) is 7.21. The van der Waals surface area contributed by atoms with Crippen molar-refractivity contribution in [3.05, 3.63) is 65.7 Å². The van der Waals surface area contributed by atoms with Gasteiger partial charge in [0.15, 0.2) is 0 Å². The lowest BCUT2D eigenvalue weighted by molar-refractivity contribution is -0.0328. The molecular formula is C21H24F3N3OS. The molecule has 0 radical (unpaired) electrons. The summed E-state index contributed by atoms with van der Waals surface area (Å²) in [7, 11) is 1.72. The van der Waals surface area contributed by atoms with Crippen LogP contribution < -0.4 is 10.9 Å². The molecule has 29 heavy (non-hydrogen) atoms. The Morgan fingerprint density at radius 2 is 1.79 bits per heavy atom. The maximum Gasteiger partial charge on any atom is 0.446 e. The van der Waals surface area contributed by atoms with E-state index in [4.69, 9.17) is 0 Å². The van der Waals surface area contributed by atoms with E-state index in [-0.39, 0.29) is 28.6 Å². The standard InChI is InChI=1S/C21H24F3N3OS/c1-27(20(28)16-9-11-18(12-10-16)29-21(22,23)24)13-5-8-17-14-19(26-25-17)15-6-3-2-4-7-15/h2-4,6-7,9-12,17,19,25-26H,5,8,13-14H2,1H3. The largest absolute Gasteiger partial charge is 0.446 e. The van der Waals surface area contributed by atoms with E-state index in [1.54, 1.807) is 11.9 Å². The number of amides is 1. The van der Waals surface area contributed by atoms with Gasteiger partial charge < -0.3 is 4.90 Å². The second kappa shape index (κ2) is 9.65. The molecule has 8 heteroatoms. The van der Waals surface area contributed by atoms with Crippen LogP contribution in [0.2, 0.25) is 0 Å². The Morgan fingerprint density at radius 3 is 2.45 bits per heavy atom. The first kappa shape index (κ1) is 21.7. The molecule has 1 saturated heterocycles. The zero-order valence-corrected chi connectivity index (χ0v) is 16.9. The third-order valence-corrected chi connectivity index (χ3v) is 5.65. The SMILES string of the molecule is CN(CCCC1CC(c2ccccc2)NN1)C(=O)c1ccc(SC(F)(F)F)cc1. The predicted molar refractivity (Wildman–Crippen MR) is 108 cm³/mol. The first-order chi connectivity index (χ1) is 13.8. The first-order valence-electron chi connectivity index (χ1n) is 9.49. The van der Waals surface area contributed by atoms with Gasteiger partial charge in [-0.3, -0.25) is 15.6 Å². The summed E-state index contributed by atoms with van der Waals surface area (Å²) in [6.07, 6.45) is 2.75. The van der Waals surface area contributed by atoms with Crippen LogP contribution in [0.15, 0.2) is 59.5 Å². The van der Waals surface area contributed by atoms with Crippen molar-refractivity contribution in [2.24, 2.45) is 0 Å². The van der Waals surface area contributed by atoms with E-state index < -0.39 is 5.51 Å². The average Bonchev–Trinajstić information content (AvgIpc) is 3.16. The van der Waals surface area contributed by atoms with Crippen molar-refractivity contribution in [2.45, 2.75) is 41.7 Å². The van der Waals surface area contributed by atoms with Crippen LogP contribution in [0.1, 0.15) is 41.2 Å². The monoisotopic (exact) mass is 423 g/mol. The lowest BCUT2D eigenvalue weighted by Crippen LogP contribution is -2.32. The maximum absolute atomic E-state index is 12.5. The van der Waals surface area contributed by atoms with Gasteiger partial charge in [-0.05, 0) is 60.9 Å². The number of alkyl halides is 3. The van der Waals surface area contributed by atoms with Crippen molar-refractivity contribution in [2.75, 3.05) is 13.6 Å². The number of hydrogen-bond acceptors (Lipinski definition) is 4. The van der Waals surface area contributed by atoms with Crippen LogP contribution in [0.5, 0.6) is 0 Å². The Morgan fingerprint density at radius 1 is 1.10 bits per heavy atom. The molecule has 2 aromatic rings. The van der Waals surface area contributed by atoms with Crippen molar-refractivity contribution in [3.8, 4) is 0 Å². The number of rotatable bonds is 7. The minimum absolute atomic E-state index is 0.0736. The first-order valence-corrected chi connectivity index (χ1v) is 10.3. The third-order valence-electron chi connectivity index (χ3n) is 4.91. The van der Waals surface area contributed by atoms with Crippen LogP contribution in [0.4, 0.5) is 13.2 Å². The fourth-order valence-electron chi connectivity index (χ4n) is 3.41. The number of benzene rings is 2. The van der Waals surface area contributed by atoms with Crippen LogP contribution in [0.3, 0.4) is 0 Å². The van der Waals surface area contributed by atoms with Gasteiger partial charge >= 0.3 is 5.51 Å². The summed E-state index contributed by atoms with van der Waals surface area (Å²) < 4.78 is 37.2. The molecule has 2 unspecified atom stereocenters. The molecule has 0 aliphatic carbocycles. The Bertz CT molecular complexity index is 799. The van der Waals surface area contributed by atoms with E-state index in [1.165, 1.54) is 29.8 Å². The Balaban J connectivity index is 1.42. The molecule has 0 bridgehead atoms. The van der Waals surface area contributed by atoms with Gasteiger partial charge in [-0.1, -0.05) is 30.3 Å². The van der Waals surface area contributed by atoms with Crippen LogP contribution in [-0.2, 0) is 0 Å². The van der Waals surface area contributed by atoms with Crippen LogP contribution in [-0.4, -0.2) is 35.9 Å². The highest BCUT2D eigenvalue weighted by Crippen LogP contribution is 2.36. The third kappa shape index (κ3) is 6.48. The topological polar surface area (TPSA) is 44.4 Å². The summed E-state index contributed by atoms with van der Waals surface area (Å²) in [5.41, 5.74) is 3.95. The number of nitrogens with one attached hydrogen (secondary N) is 2. The van der Waals surface area contributed by atoms with E-state index in [0.29, 0.717) is 18.2 Å². The van der Waals surface area contributed by atoms with Gasteiger partial charge in [-0.25, -0.2) is 0 Å². The van der Waals surface area contributed by atoms with Crippen molar-refractivity contribution in [1.82, 2.24) is 15.8 Å². The fraction of sp³-hybridized carbons (Fsp3) is 0.381. The molecule has 2 N–H and O–H groups in total. The van der Waals surface area contributed by atoms with Gasteiger partial charge in [-0.2, -0.15) is 13.2 Å². The molecule has 2 atom stereocenters. The molecule has 0 spiro atoms. The number of thioether (sulfide) groups is 1. The number of carbonyl (C=O) groups is 1. The Labute approximate surface area is 172 Å². The molecule has 1 fully saturated rings. The van der Waals surface area contributed by atoms with Crippen molar-refractivity contribution in [3.63, 3.8) is 0 Å². The number of halogens is 3. The Hall–Kier alpha value is -2.03. The van der Waals surface area contributed by atoms with Crippen LogP contribution in [0.25, 0.3) is 0 Å². The van der Waals surface area contributed by atoms with Crippen LogP contribution >= 0.6 is 11.8 Å². The second-order valence-corrected chi connectivity index (χ2v) is 8.26. The molecule has 4 nitrogen and oxygen atoms in total. The van der Waals surface area contributed by atoms with E-state index in [0.717, 1.165) is 19.3 Å². The van der Waals surface area contributed by atoms with Gasteiger partial charge in [0.1, 0.15) is 0 Å². The number of nitrogens with zero attached hydrogens (tertiary/aromatic N) is 1. The number of hydrazine groups is 1. The van der Waals surface area contributed by atoms with Crippen molar-refractivity contribution < 1.29 is 18.0 Å². The lowest BCUT2D eigenvalue weighted by Gasteiger charge is -2.18. The highest BCUT2D eigenvalue weighted by molar-refractivity contribution is 8.00. The molecule has 1 aliphatic rings. The van der Waals surface area contributed by atoms with Crippen LogP contribution in [0, 0.1) is 0 Å². The van der Waals surface area contributed by atoms with Gasteiger partial charge in [0.25, 0.3) is 5.91 Å². The molecule has 0 saturated carbocycles. The van der Waals surface area contributed by atoms with Gasteiger partial charge in [-0.15, -0.1) is 0 Å². The second-order valence-electron chi connectivity index (χ2n) is 7.13. The summed E-state index contributed by atoms with van der Waals surface area (Å²) in [5, 5.41) is 0. The summed E-state index contributed by atoms with van der Waals surface area (Å²) >= 11 is -0.182. The van der Waals surface area contributed by atoms with E-state index >= 15 is 0 Å². The summed E-state index contributed by atoms with van der Waals surface area (Å²) in [4.78, 5) is 14.2. The minimum Gasteiger partial charge on any atom is -0.342 e. The fourth-order valence-corrected chi connectivity index (χ4v) is 3.95. The number of hydrogen-bond donors (Lipinski definition) is 2. The average molecular weight is 424 g/mol. The van der Waals surface area contributed by atoms with E-state index in [9.17, 15) is 18.0 Å². The lowest BCUT2D eigenvalue weighted by atomic mass is 10.00. The predicted octanol–water partition coefficient (Wildman–Crippen LogP) is 4.76. The quantitative estimate of drug-likeness (QED) is 0.631. The molecule has 3 rings (SSSR count). The van der Waals surface area contributed by atoms with Crippen molar-refractivity contribution in [1.29, 1.82) is 0 Å². The zero-order chi connectivity index (χ0) is 20.9. The maximum atomic E-state index is 12.5. The molecule has 1 heterocycles. The van der Waals surface area contributed by atoms with Gasteiger partial charge in [0.05, 0.1) is 0 Å². The molecule has 1 amide bonds. The van der Waals surface area contributed by atoms with Gasteiger partial charge in [0.2, 0.25) is 0 Å². The molecule has 156 valence electrons. The van der Waals surface area contributed by atoms with Crippen molar-refractivity contribution >= 4 is 17.7 Å².